The molecule has 2 heterocycles. The summed E-state index contributed by atoms with van der Waals surface area (Å²) in [6.45, 7) is 9.69. The topological polar surface area (TPSA) is 70.2 Å². The van der Waals surface area contributed by atoms with Crippen LogP contribution in [0, 0.1) is 12.8 Å². The number of amides is 3. The molecule has 0 bridgehead atoms. The van der Waals surface area contributed by atoms with Gasteiger partial charge < -0.3 is 19.4 Å². The summed E-state index contributed by atoms with van der Waals surface area (Å²) in [5, 5.41) is 0. The Kier molecular flexibility index (Phi) is 6.92. The first-order chi connectivity index (χ1) is 14.6. The second-order valence-corrected chi connectivity index (χ2v) is 9.65. The number of nitrogens with zero attached hydrogens (tertiary/aromatic N) is 3. The van der Waals surface area contributed by atoms with E-state index in [1.165, 1.54) is 0 Å². The van der Waals surface area contributed by atoms with Crippen molar-refractivity contribution in [2.75, 3.05) is 33.2 Å². The molecule has 7 heteroatoms. The zero-order valence-electron chi connectivity index (χ0n) is 19.4. The van der Waals surface area contributed by atoms with Crippen LogP contribution in [0.2, 0.25) is 0 Å². The van der Waals surface area contributed by atoms with Crippen molar-refractivity contribution in [3.05, 3.63) is 35.4 Å². The van der Waals surface area contributed by atoms with E-state index < -0.39 is 5.60 Å². The predicted octanol–water partition coefficient (Wildman–Crippen LogP) is 3.37. The molecule has 0 N–H and O–H groups in total. The Morgan fingerprint density at radius 3 is 2.26 bits per heavy atom. The highest BCUT2D eigenvalue weighted by Crippen LogP contribution is 2.37. The maximum absolute atomic E-state index is 13.6. The van der Waals surface area contributed by atoms with Crippen LogP contribution in [0.15, 0.2) is 24.3 Å². The zero-order valence-corrected chi connectivity index (χ0v) is 19.4. The van der Waals surface area contributed by atoms with Crippen molar-refractivity contribution in [3.8, 4) is 0 Å². The Hall–Kier alpha value is -2.57. The zero-order chi connectivity index (χ0) is 22.8. The molecule has 0 spiro atoms. The van der Waals surface area contributed by atoms with E-state index in [-0.39, 0.29) is 29.9 Å². The molecule has 7 nitrogen and oxygen atoms in total. The van der Waals surface area contributed by atoms with Crippen molar-refractivity contribution >= 4 is 17.9 Å². The van der Waals surface area contributed by atoms with E-state index in [2.05, 4.69) is 0 Å². The Morgan fingerprint density at radius 1 is 1.00 bits per heavy atom. The lowest BCUT2D eigenvalue weighted by Gasteiger charge is -2.40. The third-order valence-electron chi connectivity index (χ3n) is 6.06. The van der Waals surface area contributed by atoms with Gasteiger partial charge in [-0.1, -0.05) is 29.8 Å². The molecule has 0 aromatic heterocycles. The molecule has 2 fully saturated rings. The number of likely N-dealkylation sites (tertiary alicyclic amines) is 1. The monoisotopic (exact) mass is 429 g/mol. The lowest BCUT2D eigenvalue weighted by atomic mass is 9.83. The summed E-state index contributed by atoms with van der Waals surface area (Å²) in [5.74, 6) is -0.143. The average Bonchev–Trinajstić information content (AvgIpc) is 2.95. The fourth-order valence-corrected chi connectivity index (χ4v) is 4.40. The van der Waals surface area contributed by atoms with Crippen molar-refractivity contribution in [1.29, 1.82) is 0 Å². The average molecular weight is 430 g/mol. The van der Waals surface area contributed by atoms with Gasteiger partial charge in [0.05, 0.1) is 12.0 Å². The molecular weight excluding hydrogens is 394 g/mol. The van der Waals surface area contributed by atoms with Gasteiger partial charge in [-0.2, -0.15) is 0 Å². The number of carbonyl (C=O) groups excluding carboxylic acids is 3. The van der Waals surface area contributed by atoms with Gasteiger partial charge in [0.15, 0.2) is 0 Å². The Labute approximate surface area is 185 Å². The second-order valence-electron chi connectivity index (χ2n) is 9.65. The summed E-state index contributed by atoms with van der Waals surface area (Å²) < 4.78 is 5.49. The van der Waals surface area contributed by atoms with E-state index in [0.29, 0.717) is 45.4 Å². The van der Waals surface area contributed by atoms with Crippen molar-refractivity contribution in [3.63, 3.8) is 0 Å². The van der Waals surface area contributed by atoms with Crippen LogP contribution in [-0.2, 0) is 14.3 Å². The first-order valence-corrected chi connectivity index (χ1v) is 11.2. The minimum Gasteiger partial charge on any atom is -0.444 e. The van der Waals surface area contributed by atoms with Crippen molar-refractivity contribution in [2.45, 2.75) is 58.6 Å². The summed E-state index contributed by atoms with van der Waals surface area (Å²) in [6, 6.07) is 7.81. The maximum Gasteiger partial charge on any atom is 0.410 e. The standard InChI is InChI=1S/C24H35N3O4/c1-17-7-9-18(10-8-17)21-19(11-12-20(28)25(21)5)22(29)26-13-6-14-27(16-15-26)23(30)31-24(2,3)4/h7-10,19,21H,6,11-16H2,1-5H3. The lowest BCUT2D eigenvalue weighted by molar-refractivity contribution is -0.146. The van der Waals surface area contributed by atoms with Gasteiger partial charge in [0.1, 0.15) is 5.60 Å². The number of carbonyl (C=O) groups is 3. The summed E-state index contributed by atoms with van der Waals surface area (Å²) in [5.41, 5.74) is 1.59. The van der Waals surface area contributed by atoms with Crippen LogP contribution in [0.25, 0.3) is 0 Å². The van der Waals surface area contributed by atoms with Crippen molar-refractivity contribution in [2.24, 2.45) is 5.92 Å². The highest BCUT2D eigenvalue weighted by atomic mass is 16.6. The fraction of sp³-hybridized carbons (Fsp3) is 0.625. The molecular formula is C24H35N3O4. The number of benzene rings is 1. The quantitative estimate of drug-likeness (QED) is 0.723. The molecule has 0 saturated carbocycles. The second kappa shape index (κ2) is 9.28. The van der Waals surface area contributed by atoms with Crippen LogP contribution in [-0.4, -0.2) is 71.4 Å². The SMILES string of the molecule is Cc1ccc(C2C(C(=O)N3CCCN(C(=O)OC(C)(C)C)CC3)CCC(=O)N2C)cc1. The largest absolute Gasteiger partial charge is 0.444 e. The van der Waals surface area contributed by atoms with Gasteiger partial charge in [-0.25, -0.2) is 4.79 Å². The van der Waals surface area contributed by atoms with Gasteiger partial charge in [-0.3, -0.25) is 9.59 Å². The van der Waals surface area contributed by atoms with E-state index in [4.69, 9.17) is 4.74 Å². The molecule has 3 rings (SSSR count). The molecule has 0 radical (unpaired) electrons. The van der Waals surface area contributed by atoms with Crippen LogP contribution in [0.4, 0.5) is 4.79 Å². The van der Waals surface area contributed by atoms with Gasteiger partial charge in [-0.15, -0.1) is 0 Å². The lowest BCUT2D eigenvalue weighted by Crippen LogP contribution is -2.48. The van der Waals surface area contributed by atoms with Crippen LogP contribution in [0.3, 0.4) is 0 Å². The minimum atomic E-state index is -0.542. The predicted molar refractivity (Wildman–Crippen MR) is 118 cm³/mol. The number of aryl methyl sites for hydroxylation is 1. The number of piperidine rings is 1. The highest BCUT2D eigenvalue weighted by Gasteiger charge is 2.41. The van der Waals surface area contributed by atoms with Gasteiger partial charge in [0.25, 0.3) is 0 Å². The van der Waals surface area contributed by atoms with E-state index in [9.17, 15) is 14.4 Å². The Balaban J connectivity index is 1.73. The molecule has 170 valence electrons. The van der Waals surface area contributed by atoms with Gasteiger partial charge in [0, 0.05) is 39.6 Å². The van der Waals surface area contributed by atoms with Crippen LogP contribution in [0.1, 0.15) is 57.2 Å². The van der Waals surface area contributed by atoms with Crippen LogP contribution < -0.4 is 0 Å². The molecule has 2 aliphatic rings. The molecule has 2 unspecified atom stereocenters. The molecule has 3 amide bonds. The van der Waals surface area contributed by atoms with Crippen LogP contribution in [0.5, 0.6) is 0 Å². The third-order valence-corrected chi connectivity index (χ3v) is 6.06. The summed E-state index contributed by atoms with van der Waals surface area (Å²) >= 11 is 0. The molecule has 2 saturated heterocycles. The normalized spacial score (nSPS) is 22.9. The third kappa shape index (κ3) is 5.57. The number of rotatable bonds is 2. The highest BCUT2D eigenvalue weighted by molar-refractivity contribution is 5.85. The van der Waals surface area contributed by atoms with E-state index in [1.54, 1.807) is 16.8 Å². The van der Waals surface area contributed by atoms with E-state index >= 15 is 0 Å². The molecule has 1 aromatic rings. The summed E-state index contributed by atoms with van der Waals surface area (Å²) in [4.78, 5) is 43.7. The Morgan fingerprint density at radius 2 is 1.61 bits per heavy atom. The maximum atomic E-state index is 13.6. The Bertz CT molecular complexity index is 815. The fourth-order valence-electron chi connectivity index (χ4n) is 4.40. The first kappa shape index (κ1) is 23.1. The number of hydrogen-bond donors (Lipinski definition) is 0. The number of hydrogen-bond acceptors (Lipinski definition) is 4. The van der Waals surface area contributed by atoms with Crippen molar-refractivity contribution < 1.29 is 19.1 Å². The van der Waals surface area contributed by atoms with E-state index in [1.807, 2.05) is 56.9 Å². The van der Waals surface area contributed by atoms with E-state index in [0.717, 1.165) is 11.1 Å². The molecule has 2 aliphatic heterocycles. The molecule has 1 aromatic carbocycles. The van der Waals surface area contributed by atoms with Crippen LogP contribution >= 0.6 is 0 Å². The van der Waals surface area contributed by atoms with Gasteiger partial charge in [0.2, 0.25) is 11.8 Å². The smallest absolute Gasteiger partial charge is 0.410 e. The first-order valence-electron chi connectivity index (χ1n) is 11.2. The van der Waals surface area contributed by atoms with Gasteiger partial charge in [-0.05, 0) is 46.1 Å². The number of ether oxygens (including phenoxy) is 1. The van der Waals surface area contributed by atoms with Gasteiger partial charge >= 0.3 is 6.09 Å². The minimum absolute atomic E-state index is 0.0657. The molecule has 0 aliphatic carbocycles. The van der Waals surface area contributed by atoms with Crippen molar-refractivity contribution in [1.82, 2.24) is 14.7 Å². The summed E-state index contributed by atoms with van der Waals surface area (Å²) in [6.07, 6.45) is 1.31. The molecule has 31 heavy (non-hydrogen) atoms. The summed E-state index contributed by atoms with van der Waals surface area (Å²) in [7, 11) is 1.79. The molecule has 2 atom stereocenters.